The van der Waals surface area contributed by atoms with Crippen molar-refractivity contribution in [2.45, 2.75) is 19.8 Å². The molecule has 0 amide bonds. The number of aliphatic carboxylic acids is 1. The minimum absolute atomic E-state index is 0.00100. The molecule has 0 fully saturated rings. The number of aromatic nitrogens is 2. The number of carboxylic acids is 1. The largest absolute Gasteiger partial charge is 0.481 e. The molecule has 0 aliphatic rings. The van der Waals surface area contributed by atoms with Crippen molar-refractivity contribution in [2.24, 2.45) is 5.92 Å². The van der Waals surface area contributed by atoms with Crippen molar-refractivity contribution in [3.05, 3.63) is 18.1 Å². The monoisotopic (exact) mass is 267 g/mol. The van der Waals surface area contributed by atoms with E-state index in [1.54, 1.807) is 0 Å². The molecule has 7 nitrogen and oxygen atoms in total. The van der Waals surface area contributed by atoms with Crippen LogP contribution in [0.15, 0.2) is 12.4 Å². The third kappa shape index (κ3) is 4.90. The van der Waals surface area contributed by atoms with E-state index in [0.29, 0.717) is 12.4 Å². The predicted molar refractivity (Wildman–Crippen MR) is 67.9 cm³/mol. The Kier molecular flexibility index (Phi) is 5.72. The van der Waals surface area contributed by atoms with Crippen LogP contribution in [0.3, 0.4) is 0 Å². The first-order valence-corrected chi connectivity index (χ1v) is 5.92. The van der Waals surface area contributed by atoms with Gasteiger partial charge < -0.3 is 15.2 Å². The van der Waals surface area contributed by atoms with Crippen LogP contribution >= 0.6 is 0 Å². The van der Waals surface area contributed by atoms with E-state index in [2.05, 4.69) is 20.0 Å². The zero-order chi connectivity index (χ0) is 14.3. The normalized spacial score (nSPS) is 11.7. The van der Waals surface area contributed by atoms with E-state index in [0.717, 1.165) is 6.42 Å². The van der Waals surface area contributed by atoms with E-state index < -0.39 is 11.9 Å². The maximum atomic E-state index is 11.3. The fraction of sp³-hybridized carbons (Fsp3) is 0.500. The molecule has 1 aromatic rings. The summed E-state index contributed by atoms with van der Waals surface area (Å²) < 4.78 is 4.54. The minimum Gasteiger partial charge on any atom is -0.481 e. The van der Waals surface area contributed by atoms with Gasteiger partial charge >= 0.3 is 11.9 Å². The Morgan fingerprint density at radius 2 is 2.21 bits per heavy atom. The molecule has 1 rings (SSSR count). The highest BCUT2D eigenvalue weighted by atomic mass is 16.5. The number of methoxy groups -OCH3 is 1. The average Bonchev–Trinajstić information content (AvgIpc) is 2.42. The van der Waals surface area contributed by atoms with Crippen LogP contribution in [0.4, 0.5) is 5.82 Å². The van der Waals surface area contributed by atoms with Gasteiger partial charge in [0, 0.05) is 13.0 Å². The van der Waals surface area contributed by atoms with Crippen LogP contribution in [-0.4, -0.2) is 40.7 Å². The molecule has 1 atom stereocenters. The van der Waals surface area contributed by atoms with Gasteiger partial charge in [-0.25, -0.2) is 9.78 Å². The van der Waals surface area contributed by atoms with Crippen LogP contribution in [-0.2, 0) is 9.53 Å². The molecule has 0 radical (unpaired) electrons. The molecule has 1 heterocycles. The van der Waals surface area contributed by atoms with E-state index in [1.807, 2.05) is 6.92 Å². The summed E-state index contributed by atoms with van der Waals surface area (Å²) in [6.07, 6.45) is 3.61. The first-order chi connectivity index (χ1) is 9.06. The van der Waals surface area contributed by atoms with Crippen LogP contribution < -0.4 is 5.32 Å². The second kappa shape index (κ2) is 7.30. The molecule has 0 aliphatic heterocycles. The fourth-order valence-corrected chi connectivity index (χ4v) is 1.51. The zero-order valence-electron chi connectivity index (χ0n) is 10.9. The third-order valence-corrected chi connectivity index (χ3v) is 2.64. The molecule has 1 unspecified atom stereocenters. The number of rotatable bonds is 7. The van der Waals surface area contributed by atoms with Gasteiger partial charge in [0.15, 0.2) is 5.69 Å². The summed E-state index contributed by atoms with van der Waals surface area (Å²) in [6, 6.07) is 0. The van der Waals surface area contributed by atoms with Crippen molar-refractivity contribution in [3.63, 3.8) is 0 Å². The van der Waals surface area contributed by atoms with Gasteiger partial charge in [-0.1, -0.05) is 13.3 Å². The molecule has 2 N–H and O–H groups in total. The lowest BCUT2D eigenvalue weighted by molar-refractivity contribution is -0.138. The van der Waals surface area contributed by atoms with Gasteiger partial charge in [-0.15, -0.1) is 0 Å². The van der Waals surface area contributed by atoms with Gasteiger partial charge in [0.05, 0.1) is 19.5 Å². The van der Waals surface area contributed by atoms with E-state index in [-0.39, 0.29) is 18.0 Å². The molecule has 19 heavy (non-hydrogen) atoms. The smallest absolute Gasteiger partial charge is 0.358 e. The number of esters is 1. The lowest BCUT2D eigenvalue weighted by Crippen LogP contribution is -2.18. The number of carbonyl (C=O) groups is 2. The highest BCUT2D eigenvalue weighted by Crippen LogP contribution is 2.10. The lowest BCUT2D eigenvalue weighted by atomic mass is 10.0. The maximum Gasteiger partial charge on any atom is 0.358 e. The van der Waals surface area contributed by atoms with Crippen LogP contribution in [0.2, 0.25) is 0 Å². The number of nitrogens with one attached hydrogen (secondary N) is 1. The highest BCUT2D eigenvalue weighted by Gasteiger charge is 2.12. The highest BCUT2D eigenvalue weighted by molar-refractivity contribution is 5.87. The summed E-state index contributed by atoms with van der Waals surface area (Å²) in [6.45, 7) is 2.38. The van der Waals surface area contributed by atoms with Gasteiger partial charge in [0.2, 0.25) is 0 Å². The van der Waals surface area contributed by atoms with E-state index in [4.69, 9.17) is 5.11 Å². The summed E-state index contributed by atoms with van der Waals surface area (Å²) in [5.41, 5.74) is 0.110. The number of carboxylic acid groups (broad SMARTS) is 1. The number of nitrogens with zero attached hydrogens (tertiary/aromatic N) is 2. The van der Waals surface area contributed by atoms with Crippen molar-refractivity contribution in [2.75, 3.05) is 19.0 Å². The van der Waals surface area contributed by atoms with Gasteiger partial charge in [-0.3, -0.25) is 9.78 Å². The summed E-state index contributed by atoms with van der Waals surface area (Å²) >= 11 is 0. The minimum atomic E-state index is -0.831. The Hall–Kier alpha value is -2.18. The first-order valence-electron chi connectivity index (χ1n) is 5.92. The Labute approximate surface area is 111 Å². The molecule has 7 heteroatoms. The van der Waals surface area contributed by atoms with Crippen LogP contribution in [0.25, 0.3) is 0 Å². The molecule has 0 bridgehead atoms. The molecule has 0 saturated heterocycles. The first kappa shape index (κ1) is 14.9. The topological polar surface area (TPSA) is 101 Å². The Balaban J connectivity index is 2.61. The quantitative estimate of drug-likeness (QED) is 0.715. The SMILES string of the molecule is CCC(CNc1cncc(C(=O)OC)n1)CC(=O)O. The average molecular weight is 267 g/mol. The van der Waals surface area contributed by atoms with E-state index in [1.165, 1.54) is 19.5 Å². The second-order valence-corrected chi connectivity index (χ2v) is 4.03. The predicted octanol–water partition coefficient (Wildman–Crippen LogP) is 1.18. The molecule has 0 aromatic carbocycles. The lowest BCUT2D eigenvalue weighted by Gasteiger charge is -2.13. The van der Waals surface area contributed by atoms with Crippen molar-refractivity contribution in [1.29, 1.82) is 0 Å². The Bertz CT molecular complexity index is 450. The molecule has 0 aliphatic carbocycles. The second-order valence-electron chi connectivity index (χ2n) is 4.03. The Morgan fingerprint density at radius 3 is 2.79 bits per heavy atom. The number of ether oxygens (including phenoxy) is 1. The van der Waals surface area contributed by atoms with Gasteiger partial charge in [0.1, 0.15) is 5.82 Å². The van der Waals surface area contributed by atoms with Crippen LogP contribution in [0.5, 0.6) is 0 Å². The van der Waals surface area contributed by atoms with Gasteiger partial charge in [-0.2, -0.15) is 0 Å². The summed E-state index contributed by atoms with van der Waals surface area (Å²) in [5.74, 6) is -0.968. The van der Waals surface area contributed by atoms with Crippen LogP contribution in [0, 0.1) is 5.92 Å². The molecule has 0 spiro atoms. The molecular formula is C12H17N3O4. The summed E-state index contributed by atoms with van der Waals surface area (Å²) in [5, 5.41) is 11.7. The van der Waals surface area contributed by atoms with Crippen molar-refractivity contribution in [3.8, 4) is 0 Å². The fourth-order valence-electron chi connectivity index (χ4n) is 1.51. The number of anilines is 1. The van der Waals surface area contributed by atoms with Gasteiger partial charge in [-0.05, 0) is 5.92 Å². The third-order valence-electron chi connectivity index (χ3n) is 2.64. The maximum absolute atomic E-state index is 11.3. The molecule has 1 aromatic heterocycles. The van der Waals surface area contributed by atoms with Crippen molar-refractivity contribution >= 4 is 17.8 Å². The number of carbonyl (C=O) groups excluding carboxylic acids is 1. The van der Waals surface area contributed by atoms with Crippen LogP contribution in [0.1, 0.15) is 30.3 Å². The molecule has 0 saturated carbocycles. The summed E-state index contributed by atoms with van der Waals surface area (Å²) in [7, 11) is 1.27. The van der Waals surface area contributed by atoms with E-state index in [9.17, 15) is 9.59 Å². The number of hydrogen-bond donors (Lipinski definition) is 2. The Morgan fingerprint density at radius 1 is 1.47 bits per heavy atom. The van der Waals surface area contributed by atoms with Gasteiger partial charge in [0.25, 0.3) is 0 Å². The number of hydrogen-bond acceptors (Lipinski definition) is 6. The zero-order valence-corrected chi connectivity index (χ0v) is 10.9. The van der Waals surface area contributed by atoms with E-state index >= 15 is 0 Å². The molecular weight excluding hydrogens is 250 g/mol. The standard InChI is InChI=1S/C12H17N3O4/c1-3-8(4-11(16)17)5-14-10-7-13-6-9(15-10)12(18)19-2/h6-8H,3-5H2,1-2H3,(H,14,15)(H,16,17). The van der Waals surface area contributed by atoms with Crippen molar-refractivity contribution < 1.29 is 19.4 Å². The van der Waals surface area contributed by atoms with Crippen molar-refractivity contribution in [1.82, 2.24) is 9.97 Å². The summed E-state index contributed by atoms with van der Waals surface area (Å²) in [4.78, 5) is 29.8. The molecule has 104 valence electrons.